The standard InChI is InChI=1S/C18H20ClNO/c1-13-11-16(19)5-8-18(13)15-3-6-17(7-4-15)20-9-10-21-14(2)12-20/h3-8,11,14H,9-10,12H2,1-2H3/t14-/m1/s1. The number of benzene rings is 2. The van der Waals surface area contributed by atoms with Crippen LogP contribution in [0.25, 0.3) is 11.1 Å². The van der Waals surface area contributed by atoms with Gasteiger partial charge in [0.1, 0.15) is 0 Å². The summed E-state index contributed by atoms with van der Waals surface area (Å²) in [5, 5.41) is 0.787. The van der Waals surface area contributed by atoms with Crippen molar-refractivity contribution in [3.05, 3.63) is 53.1 Å². The zero-order valence-electron chi connectivity index (χ0n) is 12.5. The van der Waals surface area contributed by atoms with Crippen LogP contribution >= 0.6 is 11.6 Å². The Morgan fingerprint density at radius 3 is 2.57 bits per heavy atom. The molecule has 0 unspecified atom stereocenters. The Labute approximate surface area is 131 Å². The first kappa shape index (κ1) is 14.4. The highest BCUT2D eigenvalue weighted by Gasteiger charge is 2.16. The van der Waals surface area contributed by atoms with Crippen LogP contribution in [0.2, 0.25) is 5.02 Å². The molecule has 0 amide bonds. The molecule has 1 heterocycles. The van der Waals surface area contributed by atoms with Gasteiger partial charge >= 0.3 is 0 Å². The quantitative estimate of drug-likeness (QED) is 0.807. The number of aryl methyl sites for hydroxylation is 1. The smallest absolute Gasteiger partial charge is 0.0722 e. The lowest BCUT2D eigenvalue weighted by Gasteiger charge is -2.33. The van der Waals surface area contributed by atoms with Gasteiger partial charge in [0.2, 0.25) is 0 Å². The molecule has 0 aromatic heterocycles. The maximum Gasteiger partial charge on any atom is 0.0722 e. The number of hydrogen-bond acceptors (Lipinski definition) is 2. The van der Waals surface area contributed by atoms with Gasteiger partial charge in [-0.05, 0) is 54.8 Å². The molecule has 0 bridgehead atoms. The van der Waals surface area contributed by atoms with Crippen molar-refractivity contribution in [3.63, 3.8) is 0 Å². The SMILES string of the molecule is Cc1cc(Cl)ccc1-c1ccc(N2CCO[C@H](C)C2)cc1. The number of anilines is 1. The van der Waals surface area contributed by atoms with E-state index < -0.39 is 0 Å². The molecular formula is C18H20ClNO. The van der Waals surface area contributed by atoms with Crippen LogP contribution in [0.15, 0.2) is 42.5 Å². The fourth-order valence-corrected chi connectivity index (χ4v) is 3.08. The van der Waals surface area contributed by atoms with Crippen LogP contribution in [0.3, 0.4) is 0 Å². The third-order valence-electron chi connectivity index (χ3n) is 3.97. The van der Waals surface area contributed by atoms with Crippen LogP contribution in [0.5, 0.6) is 0 Å². The van der Waals surface area contributed by atoms with Crippen molar-refractivity contribution in [1.82, 2.24) is 0 Å². The van der Waals surface area contributed by atoms with Gasteiger partial charge in [0, 0.05) is 23.8 Å². The maximum atomic E-state index is 6.03. The highest BCUT2D eigenvalue weighted by Crippen LogP contribution is 2.28. The Morgan fingerprint density at radius 1 is 1.14 bits per heavy atom. The monoisotopic (exact) mass is 301 g/mol. The average Bonchev–Trinajstić information content (AvgIpc) is 2.47. The van der Waals surface area contributed by atoms with E-state index in [-0.39, 0.29) is 0 Å². The van der Waals surface area contributed by atoms with Gasteiger partial charge in [-0.1, -0.05) is 29.8 Å². The zero-order valence-corrected chi connectivity index (χ0v) is 13.2. The van der Waals surface area contributed by atoms with Crippen LogP contribution < -0.4 is 4.90 Å². The molecule has 3 heteroatoms. The lowest BCUT2D eigenvalue weighted by Crippen LogP contribution is -2.41. The molecule has 110 valence electrons. The van der Waals surface area contributed by atoms with Crippen LogP contribution in [0.1, 0.15) is 12.5 Å². The second-order valence-electron chi connectivity index (χ2n) is 5.63. The van der Waals surface area contributed by atoms with Crippen LogP contribution in [-0.2, 0) is 4.74 Å². The normalized spacial score (nSPS) is 18.8. The molecule has 0 spiro atoms. The number of ether oxygens (including phenoxy) is 1. The van der Waals surface area contributed by atoms with E-state index in [1.165, 1.54) is 22.4 Å². The van der Waals surface area contributed by atoms with E-state index in [0.29, 0.717) is 6.10 Å². The van der Waals surface area contributed by atoms with E-state index in [1.807, 2.05) is 12.1 Å². The van der Waals surface area contributed by atoms with E-state index in [9.17, 15) is 0 Å². The Morgan fingerprint density at radius 2 is 1.90 bits per heavy atom. The number of halogens is 1. The minimum atomic E-state index is 0.303. The van der Waals surface area contributed by atoms with E-state index >= 15 is 0 Å². The fraction of sp³-hybridized carbons (Fsp3) is 0.333. The molecule has 0 aliphatic carbocycles. The van der Waals surface area contributed by atoms with Gasteiger partial charge in [-0.2, -0.15) is 0 Å². The molecule has 2 aromatic rings. The number of morpholine rings is 1. The Balaban J connectivity index is 1.83. The minimum Gasteiger partial charge on any atom is -0.375 e. The predicted octanol–water partition coefficient (Wildman–Crippen LogP) is 4.54. The molecule has 1 aliphatic heterocycles. The molecule has 0 N–H and O–H groups in total. The second kappa shape index (κ2) is 6.08. The topological polar surface area (TPSA) is 12.5 Å². The fourth-order valence-electron chi connectivity index (χ4n) is 2.86. The third-order valence-corrected chi connectivity index (χ3v) is 4.21. The Kier molecular flexibility index (Phi) is 4.18. The maximum absolute atomic E-state index is 6.03. The van der Waals surface area contributed by atoms with Gasteiger partial charge in [-0.25, -0.2) is 0 Å². The van der Waals surface area contributed by atoms with Gasteiger partial charge in [-0.3, -0.25) is 0 Å². The summed E-state index contributed by atoms with van der Waals surface area (Å²) >= 11 is 6.03. The molecule has 0 radical (unpaired) electrons. The molecule has 3 rings (SSSR count). The summed E-state index contributed by atoms with van der Waals surface area (Å²) < 4.78 is 5.60. The van der Waals surface area contributed by atoms with Gasteiger partial charge in [0.15, 0.2) is 0 Å². The summed E-state index contributed by atoms with van der Waals surface area (Å²) in [4.78, 5) is 2.38. The third kappa shape index (κ3) is 3.22. The molecule has 1 atom stereocenters. The summed E-state index contributed by atoms with van der Waals surface area (Å²) in [6, 6.07) is 14.8. The predicted molar refractivity (Wildman–Crippen MR) is 89.3 cm³/mol. The molecular weight excluding hydrogens is 282 g/mol. The molecule has 2 nitrogen and oxygen atoms in total. The van der Waals surface area contributed by atoms with Crippen LogP contribution in [0, 0.1) is 6.92 Å². The lowest BCUT2D eigenvalue weighted by atomic mass is 10.0. The molecule has 1 aliphatic rings. The Bertz CT molecular complexity index is 624. The number of rotatable bonds is 2. The van der Waals surface area contributed by atoms with E-state index in [0.717, 1.165) is 24.7 Å². The molecule has 0 saturated carbocycles. The minimum absolute atomic E-state index is 0.303. The van der Waals surface area contributed by atoms with Gasteiger partial charge in [-0.15, -0.1) is 0 Å². The van der Waals surface area contributed by atoms with Crippen molar-refractivity contribution in [2.45, 2.75) is 20.0 Å². The van der Waals surface area contributed by atoms with Crippen molar-refractivity contribution in [2.75, 3.05) is 24.6 Å². The lowest BCUT2D eigenvalue weighted by molar-refractivity contribution is 0.0532. The zero-order chi connectivity index (χ0) is 14.8. The summed E-state index contributed by atoms with van der Waals surface area (Å²) in [6.45, 7) is 6.94. The van der Waals surface area contributed by atoms with Crippen molar-refractivity contribution in [3.8, 4) is 11.1 Å². The van der Waals surface area contributed by atoms with E-state index in [1.54, 1.807) is 0 Å². The number of hydrogen-bond donors (Lipinski definition) is 0. The summed E-state index contributed by atoms with van der Waals surface area (Å²) in [6.07, 6.45) is 0.303. The highest BCUT2D eigenvalue weighted by atomic mass is 35.5. The first-order valence-electron chi connectivity index (χ1n) is 7.36. The molecule has 21 heavy (non-hydrogen) atoms. The molecule has 1 fully saturated rings. The molecule has 1 saturated heterocycles. The highest BCUT2D eigenvalue weighted by molar-refractivity contribution is 6.30. The van der Waals surface area contributed by atoms with Crippen LogP contribution in [0.4, 0.5) is 5.69 Å². The Hall–Kier alpha value is -1.51. The van der Waals surface area contributed by atoms with Crippen molar-refractivity contribution in [1.29, 1.82) is 0 Å². The summed E-state index contributed by atoms with van der Waals surface area (Å²) in [7, 11) is 0. The van der Waals surface area contributed by atoms with Gasteiger partial charge in [0.25, 0.3) is 0 Å². The van der Waals surface area contributed by atoms with Crippen LogP contribution in [-0.4, -0.2) is 25.8 Å². The van der Waals surface area contributed by atoms with Crippen molar-refractivity contribution < 1.29 is 4.74 Å². The first-order valence-corrected chi connectivity index (χ1v) is 7.74. The van der Waals surface area contributed by atoms with Gasteiger partial charge < -0.3 is 9.64 Å². The van der Waals surface area contributed by atoms with E-state index in [4.69, 9.17) is 16.3 Å². The van der Waals surface area contributed by atoms with Crippen molar-refractivity contribution in [2.24, 2.45) is 0 Å². The summed E-state index contributed by atoms with van der Waals surface area (Å²) in [5.74, 6) is 0. The van der Waals surface area contributed by atoms with Crippen molar-refractivity contribution >= 4 is 17.3 Å². The van der Waals surface area contributed by atoms with E-state index in [2.05, 4.69) is 49.1 Å². The average molecular weight is 302 g/mol. The summed E-state index contributed by atoms with van der Waals surface area (Å²) in [5.41, 5.74) is 4.94. The largest absolute Gasteiger partial charge is 0.375 e. The molecule has 2 aromatic carbocycles. The number of nitrogens with zero attached hydrogens (tertiary/aromatic N) is 1. The first-order chi connectivity index (χ1) is 10.1. The second-order valence-corrected chi connectivity index (χ2v) is 6.07. The van der Waals surface area contributed by atoms with Gasteiger partial charge in [0.05, 0.1) is 12.7 Å².